The van der Waals surface area contributed by atoms with Crippen LogP contribution in [-0.2, 0) is 6.42 Å². The lowest BCUT2D eigenvalue weighted by atomic mass is 10.1. The lowest BCUT2D eigenvalue weighted by molar-refractivity contribution is 0.803. The molecule has 0 atom stereocenters. The van der Waals surface area contributed by atoms with Crippen molar-refractivity contribution < 1.29 is 0 Å². The van der Waals surface area contributed by atoms with Gasteiger partial charge in [-0.1, -0.05) is 35.4 Å². The number of halogens is 1. The average Bonchev–Trinajstić information content (AvgIpc) is 2.18. The quantitative estimate of drug-likeness (QED) is 0.596. The van der Waals surface area contributed by atoms with Crippen molar-refractivity contribution in [3.05, 3.63) is 46.5 Å². The van der Waals surface area contributed by atoms with E-state index in [0.717, 1.165) is 24.4 Å². The predicted octanol–water partition coefficient (Wildman–Crippen LogP) is 3.44. The Bertz CT molecular complexity index is 331. The van der Waals surface area contributed by atoms with Crippen LogP contribution in [-0.4, -0.2) is 13.6 Å². The summed E-state index contributed by atoms with van der Waals surface area (Å²) < 4.78 is 0. The zero-order chi connectivity index (χ0) is 11.1. The molecule has 0 radical (unpaired) electrons. The maximum atomic E-state index is 5.93. The molecule has 0 aliphatic rings. The van der Waals surface area contributed by atoms with Crippen LogP contribution in [0.15, 0.2) is 35.9 Å². The van der Waals surface area contributed by atoms with Crippen LogP contribution in [0.5, 0.6) is 0 Å². The molecule has 0 fully saturated rings. The molecular weight excluding hydrogens is 206 g/mol. The summed E-state index contributed by atoms with van der Waals surface area (Å²) in [6.45, 7) is 3.20. The Morgan fingerprint density at radius 2 is 2.27 bits per heavy atom. The molecule has 82 valence electrons. The maximum Gasteiger partial charge on any atom is 0.0408 e. The molecule has 0 unspecified atom stereocenters. The van der Waals surface area contributed by atoms with E-state index < -0.39 is 0 Å². The molecule has 0 aliphatic heterocycles. The Balaban J connectivity index is 2.50. The van der Waals surface area contributed by atoms with Gasteiger partial charge in [-0.05, 0) is 51.1 Å². The second-order valence-corrected chi connectivity index (χ2v) is 4.19. The van der Waals surface area contributed by atoms with E-state index in [1.165, 1.54) is 11.1 Å². The summed E-state index contributed by atoms with van der Waals surface area (Å²) in [5.74, 6) is 0. The fourth-order valence-electron chi connectivity index (χ4n) is 1.50. The van der Waals surface area contributed by atoms with E-state index in [2.05, 4.69) is 24.4 Å². The molecule has 1 aromatic carbocycles. The van der Waals surface area contributed by atoms with Crippen molar-refractivity contribution in [2.24, 2.45) is 0 Å². The third kappa shape index (κ3) is 5.01. The van der Waals surface area contributed by atoms with Crippen molar-refractivity contribution in [2.75, 3.05) is 13.6 Å². The predicted molar refractivity (Wildman–Crippen MR) is 67.5 cm³/mol. The van der Waals surface area contributed by atoms with Crippen LogP contribution in [0.3, 0.4) is 0 Å². The van der Waals surface area contributed by atoms with Crippen LogP contribution in [0.2, 0.25) is 5.02 Å². The van der Waals surface area contributed by atoms with Gasteiger partial charge in [-0.3, -0.25) is 0 Å². The largest absolute Gasteiger partial charge is 0.319 e. The molecule has 0 heterocycles. The maximum absolute atomic E-state index is 5.93. The first-order chi connectivity index (χ1) is 7.22. The van der Waals surface area contributed by atoms with Gasteiger partial charge in [0, 0.05) is 5.02 Å². The second-order valence-electron chi connectivity index (χ2n) is 3.75. The molecule has 0 amide bonds. The van der Waals surface area contributed by atoms with Gasteiger partial charge in [0.1, 0.15) is 0 Å². The Kier molecular flexibility index (Phi) is 5.44. The molecule has 1 nitrogen and oxygen atoms in total. The fourth-order valence-corrected chi connectivity index (χ4v) is 1.72. The van der Waals surface area contributed by atoms with Crippen molar-refractivity contribution in [1.82, 2.24) is 5.32 Å². The minimum atomic E-state index is 0.815. The summed E-state index contributed by atoms with van der Waals surface area (Å²) in [5.41, 5.74) is 2.67. The van der Waals surface area contributed by atoms with Gasteiger partial charge >= 0.3 is 0 Å². The normalized spacial score (nSPS) is 11.8. The summed E-state index contributed by atoms with van der Waals surface area (Å²) in [6, 6.07) is 8.04. The topological polar surface area (TPSA) is 12.0 Å². The molecule has 2 heteroatoms. The Hall–Kier alpha value is -0.790. The third-order valence-electron chi connectivity index (χ3n) is 2.26. The molecule has 0 aliphatic carbocycles. The highest BCUT2D eigenvalue weighted by molar-refractivity contribution is 6.30. The van der Waals surface area contributed by atoms with Gasteiger partial charge in [-0.2, -0.15) is 0 Å². The van der Waals surface area contributed by atoms with Gasteiger partial charge in [0.15, 0.2) is 0 Å². The van der Waals surface area contributed by atoms with Crippen molar-refractivity contribution in [1.29, 1.82) is 0 Å². The van der Waals surface area contributed by atoms with Crippen molar-refractivity contribution in [3.8, 4) is 0 Å². The number of nitrogens with one attached hydrogen (secondary N) is 1. The molecule has 0 aromatic heterocycles. The average molecular weight is 224 g/mol. The highest BCUT2D eigenvalue weighted by Crippen LogP contribution is 2.14. The van der Waals surface area contributed by atoms with Crippen molar-refractivity contribution in [2.45, 2.75) is 19.8 Å². The van der Waals surface area contributed by atoms with Gasteiger partial charge in [0.2, 0.25) is 0 Å². The van der Waals surface area contributed by atoms with E-state index in [9.17, 15) is 0 Å². The molecule has 0 bridgehead atoms. The van der Waals surface area contributed by atoms with Gasteiger partial charge in [-0.15, -0.1) is 0 Å². The zero-order valence-electron chi connectivity index (χ0n) is 9.39. The Morgan fingerprint density at radius 3 is 2.93 bits per heavy atom. The first-order valence-electron chi connectivity index (χ1n) is 5.27. The number of allylic oxidation sites excluding steroid dienone is 1. The van der Waals surface area contributed by atoms with Crippen molar-refractivity contribution >= 4 is 11.6 Å². The standard InChI is InChI=1S/C13H18ClN/c1-11(5-4-8-15-2)9-12-6-3-7-13(14)10-12/h3,5-7,10,15H,4,8-9H2,1-2H3. The lowest BCUT2D eigenvalue weighted by Gasteiger charge is -2.02. The minimum Gasteiger partial charge on any atom is -0.319 e. The van der Waals surface area contributed by atoms with E-state index in [-0.39, 0.29) is 0 Å². The monoisotopic (exact) mass is 223 g/mol. The van der Waals surface area contributed by atoms with Crippen molar-refractivity contribution in [3.63, 3.8) is 0 Å². The third-order valence-corrected chi connectivity index (χ3v) is 2.49. The summed E-state index contributed by atoms with van der Waals surface area (Å²) in [4.78, 5) is 0. The summed E-state index contributed by atoms with van der Waals surface area (Å²) in [7, 11) is 1.97. The zero-order valence-corrected chi connectivity index (χ0v) is 10.1. The molecule has 1 rings (SSSR count). The smallest absolute Gasteiger partial charge is 0.0408 e. The number of hydrogen-bond acceptors (Lipinski definition) is 1. The van der Waals surface area contributed by atoms with Crippen LogP contribution in [0.4, 0.5) is 0 Å². The molecule has 15 heavy (non-hydrogen) atoms. The van der Waals surface area contributed by atoms with E-state index >= 15 is 0 Å². The highest BCUT2D eigenvalue weighted by Gasteiger charge is 1.95. The fraction of sp³-hybridized carbons (Fsp3) is 0.385. The first-order valence-corrected chi connectivity index (χ1v) is 5.65. The van der Waals surface area contributed by atoms with E-state index in [0.29, 0.717) is 0 Å². The molecule has 1 aromatic rings. The van der Waals surface area contributed by atoms with E-state index in [1.807, 2.05) is 25.2 Å². The van der Waals surface area contributed by atoms with E-state index in [1.54, 1.807) is 0 Å². The number of hydrogen-bond donors (Lipinski definition) is 1. The van der Waals surface area contributed by atoms with Crippen LogP contribution in [0.25, 0.3) is 0 Å². The highest BCUT2D eigenvalue weighted by atomic mass is 35.5. The van der Waals surface area contributed by atoms with Gasteiger partial charge in [0.25, 0.3) is 0 Å². The lowest BCUT2D eigenvalue weighted by Crippen LogP contribution is -2.06. The molecule has 0 spiro atoms. The number of benzene rings is 1. The minimum absolute atomic E-state index is 0.815. The first kappa shape index (κ1) is 12.3. The second kappa shape index (κ2) is 6.65. The summed E-state index contributed by atoms with van der Waals surface area (Å²) in [5, 5.41) is 3.95. The molecule has 1 N–H and O–H groups in total. The molecule has 0 saturated heterocycles. The van der Waals surface area contributed by atoms with Crippen LogP contribution < -0.4 is 5.32 Å². The van der Waals surface area contributed by atoms with E-state index in [4.69, 9.17) is 11.6 Å². The van der Waals surface area contributed by atoms with Crippen LogP contribution in [0.1, 0.15) is 18.9 Å². The van der Waals surface area contributed by atoms with Gasteiger partial charge in [-0.25, -0.2) is 0 Å². The van der Waals surface area contributed by atoms with Crippen LogP contribution >= 0.6 is 11.6 Å². The molecular formula is C13H18ClN. The Labute approximate surface area is 97.1 Å². The van der Waals surface area contributed by atoms with Gasteiger partial charge in [0.05, 0.1) is 0 Å². The van der Waals surface area contributed by atoms with Gasteiger partial charge < -0.3 is 5.32 Å². The summed E-state index contributed by atoms with van der Waals surface area (Å²) >= 11 is 5.93. The Morgan fingerprint density at radius 1 is 1.47 bits per heavy atom. The number of rotatable bonds is 5. The SMILES string of the molecule is CNCCC=C(C)Cc1cccc(Cl)c1. The summed E-state index contributed by atoms with van der Waals surface area (Å²) in [6.07, 6.45) is 4.35. The molecule has 0 saturated carbocycles. The van der Waals surface area contributed by atoms with Crippen LogP contribution in [0, 0.1) is 0 Å².